The summed E-state index contributed by atoms with van der Waals surface area (Å²) < 4.78 is 29.5. The van der Waals surface area contributed by atoms with Gasteiger partial charge in [0.05, 0.1) is 30.3 Å². The van der Waals surface area contributed by atoms with Crippen LogP contribution in [-0.4, -0.2) is 94.9 Å². The smallest absolute Gasteiger partial charge is 0.331 e. The molecule has 14 atom stereocenters. The lowest BCUT2D eigenvalue weighted by atomic mass is 9.41. The quantitative estimate of drug-likeness (QED) is 0.261. The molecule has 0 aromatic heterocycles. The fourth-order valence-electron chi connectivity index (χ4n) is 10.2. The van der Waals surface area contributed by atoms with E-state index in [2.05, 4.69) is 6.92 Å². The van der Waals surface area contributed by atoms with Crippen LogP contribution in [0.2, 0.25) is 0 Å². The van der Waals surface area contributed by atoms with Crippen molar-refractivity contribution in [1.29, 1.82) is 0 Å². The van der Waals surface area contributed by atoms with Gasteiger partial charge >= 0.3 is 5.97 Å². The topological polar surface area (TPSA) is 144 Å². The number of methoxy groups -OCH3 is 1. The van der Waals surface area contributed by atoms with Gasteiger partial charge in [0, 0.05) is 25.0 Å². The molecule has 40 heavy (non-hydrogen) atoms. The summed E-state index contributed by atoms with van der Waals surface area (Å²) in [4.78, 5) is 26.1. The Bertz CT molecular complexity index is 1140. The zero-order valence-corrected chi connectivity index (χ0v) is 23.7. The molecule has 7 rings (SSSR count). The molecular weight excluding hydrogens is 520 g/mol. The zero-order valence-electron chi connectivity index (χ0n) is 23.7. The molecule has 0 unspecified atom stereocenters. The van der Waals surface area contributed by atoms with Crippen LogP contribution in [0.15, 0.2) is 11.6 Å². The minimum absolute atomic E-state index is 0.0751. The number of rotatable bonds is 4. The molecule has 2 saturated heterocycles. The van der Waals surface area contributed by atoms with Gasteiger partial charge in [-0.1, -0.05) is 13.8 Å². The highest BCUT2D eigenvalue weighted by molar-refractivity contribution is 5.92. The number of aliphatic hydroxyl groups excluding tert-OH is 2. The number of esters is 1. The monoisotopic (exact) mass is 562 g/mol. The highest BCUT2D eigenvalue weighted by atomic mass is 16.7. The molecule has 4 saturated carbocycles. The van der Waals surface area contributed by atoms with Gasteiger partial charge in [0.15, 0.2) is 12.1 Å². The van der Waals surface area contributed by atoms with Gasteiger partial charge in [-0.3, -0.25) is 4.79 Å². The van der Waals surface area contributed by atoms with Crippen LogP contribution in [0.4, 0.5) is 0 Å². The Hall–Kier alpha value is -1.40. The number of ether oxygens (including phenoxy) is 5. The van der Waals surface area contributed by atoms with Crippen LogP contribution in [-0.2, 0) is 33.3 Å². The number of hydrogen-bond donors (Lipinski definition) is 3. The van der Waals surface area contributed by atoms with Crippen LogP contribution in [0.1, 0.15) is 65.7 Å². The van der Waals surface area contributed by atoms with E-state index in [0.29, 0.717) is 38.5 Å². The maximum Gasteiger partial charge on any atom is 0.331 e. The maximum atomic E-state index is 14.3. The molecule has 6 fully saturated rings. The number of fused-ring (bicyclic) bond motifs is 3. The number of hydrogen-bond acceptors (Lipinski definition) is 10. The minimum atomic E-state index is -1.40. The summed E-state index contributed by atoms with van der Waals surface area (Å²) in [6.07, 6.45) is 2.05. The molecule has 3 heterocycles. The number of epoxide rings is 1. The van der Waals surface area contributed by atoms with Crippen LogP contribution >= 0.6 is 0 Å². The van der Waals surface area contributed by atoms with Crippen molar-refractivity contribution < 1.29 is 48.6 Å². The maximum absolute atomic E-state index is 14.3. The van der Waals surface area contributed by atoms with Crippen molar-refractivity contribution in [2.45, 2.75) is 120 Å². The molecule has 4 aliphatic carbocycles. The van der Waals surface area contributed by atoms with Crippen molar-refractivity contribution in [2.75, 3.05) is 13.7 Å². The van der Waals surface area contributed by atoms with Crippen molar-refractivity contribution in [2.24, 2.45) is 28.6 Å². The predicted molar refractivity (Wildman–Crippen MR) is 138 cm³/mol. The largest absolute Gasteiger partial charge is 0.458 e. The van der Waals surface area contributed by atoms with Gasteiger partial charge in [-0.2, -0.15) is 0 Å². The van der Waals surface area contributed by atoms with E-state index in [0.717, 1.165) is 12.0 Å². The van der Waals surface area contributed by atoms with Crippen LogP contribution in [0.5, 0.6) is 0 Å². The van der Waals surface area contributed by atoms with Crippen molar-refractivity contribution in [1.82, 2.24) is 0 Å². The standard InChI is InChI=1S/C30H42O10/c1-14-23(32)19(36-4)12-22(38-14)39-17-5-7-27(2)16(10-17)11-20-30(40-20)25(27)24(33)26(34)28(3)18(6-8-29(28,30)35)15-9-21(31)37-13-15/h9,14,16-20,22-23,25-26,32,34-35H,5-8,10-13H2,1-4H3/t14-,16-,17+,18+,19+,20+,22-,23+,25+,26-,27-,28-,29-,30-/m0/s1. The van der Waals surface area contributed by atoms with Crippen molar-refractivity contribution in [3.8, 4) is 0 Å². The molecule has 10 nitrogen and oxygen atoms in total. The van der Waals surface area contributed by atoms with Crippen molar-refractivity contribution in [3.63, 3.8) is 0 Å². The number of carbonyl (C=O) groups excluding carboxylic acids is 2. The molecule has 0 radical (unpaired) electrons. The summed E-state index contributed by atoms with van der Waals surface area (Å²) in [5.74, 6) is -1.51. The third-order valence-electron chi connectivity index (χ3n) is 12.4. The lowest BCUT2D eigenvalue weighted by Crippen LogP contribution is -2.75. The number of Topliss-reactive ketones (excluding diaryl/α,β-unsaturated/α-hetero) is 1. The van der Waals surface area contributed by atoms with Crippen LogP contribution in [0.25, 0.3) is 0 Å². The fraction of sp³-hybridized carbons (Fsp3) is 0.867. The first-order valence-electron chi connectivity index (χ1n) is 14.9. The second-order valence-electron chi connectivity index (χ2n) is 13.9. The average molecular weight is 563 g/mol. The number of cyclic esters (lactones) is 1. The fourth-order valence-corrected chi connectivity index (χ4v) is 10.2. The second kappa shape index (κ2) is 8.81. The Labute approximate surface area is 234 Å². The molecule has 0 aromatic carbocycles. The van der Waals surface area contributed by atoms with Gasteiger partial charge in [-0.25, -0.2) is 4.79 Å². The molecule has 1 spiro atoms. The SMILES string of the molecule is CO[C@@H]1C[C@H](O[C@@H]2CC[C@@]3(C)[C@@H](C2)C[C@H]2O[C@]24[C@@H]3C(=O)[C@H](O)[C@]2(C)[C@@H](C3=CC(=O)OC3)CC[C@]24O)O[C@@H](C)[C@H]1O. The summed E-state index contributed by atoms with van der Waals surface area (Å²) in [7, 11) is 1.58. The van der Waals surface area contributed by atoms with Crippen molar-refractivity contribution >= 4 is 11.8 Å². The highest BCUT2D eigenvalue weighted by Gasteiger charge is 2.88. The molecule has 10 heteroatoms. The van der Waals surface area contributed by atoms with Gasteiger partial charge in [0.1, 0.15) is 30.0 Å². The summed E-state index contributed by atoms with van der Waals surface area (Å²) in [6.45, 7) is 5.87. The Morgan fingerprint density at radius 2 is 1.85 bits per heavy atom. The van der Waals surface area contributed by atoms with Crippen LogP contribution in [0.3, 0.4) is 0 Å². The first kappa shape index (κ1) is 27.4. The lowest BCUT2D eigenvalue weighted by Gasteiger charge is -2.62. The highest BCUT2D eigenvalue weighted by Crippen LogP contribution is 2.76. The summed E-state index contributed by atoms with van der Waals surface area (Å²) in [5.41, 5.74) is -3.32. The van der Waals surface area contributed by atoms with E-state index in [-0.39, 0.29) is 42.5 Å². The molecule has 222 valence electrons. The second-order valence-corrected chi connectivity index (χ2v) is 13.9. The van der Waals surface area contributed by atoms with Gasteiger partial charge in [-0.05, 0) is 68.3 Å². The van der Waals surface area contributed by atoms with Crippen LogP contribution < -0.4 is 0 Å². The molecule has 0 bridgehead atoms. The van der Waals surface area contributed by atoms with Gasteiger partial charge in [0.25, 0.3) is 0 Å². The lowest BCUT2D eigenvalue weighted by molar-refractivity contribution is -0.272. The third kappa shape index (κ3) is 3.30. The first-order chi connectivity index (χ1) is 18.9. The van der Waals surface area contributed by atoms with E-state index in [1.807, 2.05) is 6.92 Å². The van der Waals surface area contributed by atoms with E-state index in [9.17, 15) is 24.9 Å². The van der Waals surface area contributed by atoms with Crippen LogP contribution in [0, 0.1) is 28.6 Å². The van der Waals surface area contributed by atoms with Gasteiger partial charge in [0.2, 0.25) is 0 Å². The first-order valence-corrected chi connectivity index (χ1v) is 14.9. The normalized spacial score (nSPS) is 56.9. The van der Waals surface area contributed by atoms with Gasteiger partial charge in [-0.15, -0.1) is 0 Å². The molecule has 3 aliphatic heterocycles. The van der Waals surface area contributed by atoms with E-state index in [4.69, 9.17) is 23.7 Å². The Balaban J connectivity index is 1.14. The number of ketones is 1. The molecule has 0 amide bonds. The third-order valence-corrected chi connectivity index (χ3v) is 12.4. The molecule has 0 aromatic rings. The van der Waals surface area contributed by atoms with Gasteiger partial charge < -0.3 is 39.0 Å². The number of carbonyl (C=O) groups is 2. The Kier molecular flexibility index (Phi) is 6.04. The summed E-state index contributed by atoms with van der Waals surface area (Å²) in [6, 6.07) is 0. The average Bonchev–Trinajstić information content (AvgIpc) is 3.36. The Morgan fingerprint density at radius 1 is 1.07 bits per heavy atom. The Morgan fingerprint density at radius 3 is 2.55 bits per heavy atom. The zero-order chi connectivity index (χ0) is 28.4. The van der Waals surface area contributed by atoms with Crippen molar-refractivity contribution in [3.05, 3.63) is 11.6 Å². The van der Waals surface area contributed by atoms with E-state index in [1.165, 1.54) is 6.08 Å². The molecule has 3 N–H and O–H groups in total. The minimum Gasteiger partial charge on any atom is -0.458 e. The number of aliphatic hydroxyl groups is 3. The van der Waals surface area contributed by atoms with E-state index >= 15 is 0 Å². The van der Waals surface area contributed by atoms with E-state index < -0.39 is 58.5 Å². The molecular formula is C30H42O10. The summed E-state index contributed by atoms with van der Waals surface area (Å²) in [5, 5.41) is 34.6. The summed E-state index contributed by atoms with van der Waals surface area (Å²) >= 11 is 0. The van der Waals surface area contributed by atoms with E-state index in [1.54, 1.807) is 14.0 Å². The predicted octanol–water partition coefficient (Wildman–Crippen LogP) is 1.42. The molecule has 7 aliphatic rings.